The van der Waals surface area contributed by atoms with Crippen LogP contribution in [-0.4, -0.2) is 16.7 Å². The Bertz CT molecular complexity index is 666. The van der Waals surface area contributed by atoms with Crippen molar-refractivity contribution in [3.63, 3.8) is 0 Å². The molecule has 0 aromatic heterocycles. The van der Waals surface area contributed by atoms with Crippen LogP contribution in [0, 0.1) is 0 Å². The summed E-state index contributed by atoms with van der Waals surface area (Å²) in [7, 11) is 0. The highest BCUT2D eigenvalue weighted by Gasteiger charge is 2.39. The Morgan fingerprint density at radius 2 is 1.82 bits per heavy atom. The molecular weight excluding hydrogens is 296 g/mol. The van der Waals surface area contributed by atoms with Gasteiger partial charge in [-0.15, -0.1) is 0 Å². The molecule has 4 nitrogen and oxygen atoms in total. The molecule has 0 radical (unpaired) electrons. The van der Waals surface area contributed by atoms with E-state index in [-0.39, 0.29) is 5.91 Å². The maximum atomic E-state index is 12.1. The smallest absolute Gasteiger partial charge is 0.264 e. The molecule has 2 aliphatic rings. The van der Waals surface area contributed by atoms with Crippen molar-refractivity contribution in [2.24, 2.45) is 0 Å². The van der Waals surface area contributed by atoms with Crippen molar-refractivity contribution in [1.29, 1.82) is 0 Å². The van der Waals surface area contributed by atoms with Gasteiger partial charge in [0, 0.05) is 4.90 Å². The molecule has 0 spiro atoms. The van der Waals surface area contributed by atoms with Gasteiger partial charge in [0.25, 0.3) is 5.91 Å². The second kappa shape index (κ2) is 6.86. The minimum Gasteiger partial charge on any atom is -0.289 e. The van der Waals surface area contributed by atoms with Crippen LogP contribution in [0.5, 0.6) is 0 Å². The molecule has 2 aliphatic carbocycles. The molecule has 0 aliphatic heterocycles. The maximum Gasteiger partial charge on any atom is 0.264 e. The van der Waals surface area contributed by atoms with Gasteiger partial charge in [-0.2, -0.15) is 0 Å². The number of hydrogen-bond acceptors (Lipinski definition) is 4. The van der Waals surface area contributed by atoms with E-state index >= 15 is 0 Å². The summed E-state index contributed by atoms with van der Waals surface area (Å²) in [4.78, 5) is 13.2. The molecule has 0 heterocycles. The number of rotatable bonds is 4. The van der Waals surface area contributed by atoms with Gasteiger partial charge in [0.05, 0.1) is 0 Å². The van der Waals surface area contributed by atoms with Crippen molar-refractivity contribution in [3.05, 3.63) is 28.6 Å². The van der Waals surface area contributed by atoms with Crippen LogP contribution < -0.4 is 20.6 Å². The molecule has 3 N–H and O–H groups in total. The highest BCUT2D eigenvalue weighted by molar-refractivity contribution is 7.97. The van der Waals surface area contributed by atoms with Crippen molar-refractivity contribution in [2.75, 3.05) is 0 Å². The summed E-state index contributed by atoms with van der Waals surface area (Å²) in [6.45, 7) is 0. The molecule has 1 aromatic rings. The van der Waals surface area contributed by atoms with Crippen molar-refractivity contribution in [2.45, 2.75) is 55.4 Å². The zero-order valence-corrected chi connectivity index (χ0v) is 13.4. The van der Waals surface area contributed by atoms with Crippen molar-refractivity contribution < 1.29 is 10.0 Å². The SMILES string of the molecule is O=C(NO)C1(NSc2ccc3c(c2)=CCCC=3)CCCCC1. The molecular formula is C17H22N2O2S. The van der Waals surface area contributed by atoms with Gasteiger partial charge in [-0.3, -0.25) is 10.0 Å². The Balaban J connectivity index is 1.76. The maximum absolute atomic E-state index is 12.1. The van der Waals surface area contributed by atoms with Crippen molar-refractivity contribution in [1.82, 2.24) is 10.2 Å². The van der Waals surface area contributed by atoms with Gasteiger partial charge in [-0.25, -0.2) is 10.2 Å². The third kappa shape index (κ3) is 3.21. The van der Waals surface area contributed by atoms with Gasteiger partial charge in [0.1, 0.15) is 5.54 Å². The summed E-state index contributed by atoms with van der Waals surface area (Å²) in [6, 6.07) is 6.38. The fourth-order valence-corrected chi connectivity index (χ4v) is 4.18. The molecule has 5 heteroatoms. The average molecular weight is 318 g/mol. The van der Waals surface area contributed by atoms with E-state index in [1.807, 2.05) is 5.48 Å². The number of carbonyl (C=O) groups excluding carboxylic acids is 1. The van der Waals surface area contributed by atoms with E-state index in [1.165, 1.54) is 22.4 Å². The molecule has 0 atom stereocenters. The fourth-order valence-electron chi connectivity index (χ4n) is 3.25. The highest BCUT2D eigenvalue weighted by Crippen LogP contribution is 2.31. The first-order valence-electron chi connectivity index (χ1n) is 7.92. The number of hydrogen-bond donors (Lipinski definition) is 3. The molecule has 22 heavy (non-hydrogen) atoms. The van der Waals surface area contributed by atoms with Crippen molar-refractivity contribution >= 4 is 30.0 Å². The third-order valence-corrected chi connectivity index (χ3v) is 5.54. The van der Waals surface area contributed by atoms with Gasteiger partial charge in [-0.1, -0.05) is 37.5 Å². The fraction of sp³-hybridized carbons (Fsp3) is 0.471. The quantitative estimate of drug-likeness (QED) is 0.450. The number of amides is 1. The van der Waals surface area contributed by atoms with E-state index in [9.17, 15) is 4.79 Å². The number of benzene rings is 1. The summed E-state index contributed by atoms with van der Waals surface area (Å²) >= 11 is 1.49. The normalized spacial score (nSPS) is 19.5. The van der Waals surface area contributed by atoms with Crippen LogP contribution in [0.1, 0.15) is 44.9 Å². The van der Waals surface area contributed by atoms with Crippen LogP contribution >= 0.6 is 11.9 Å². The van der Waals surface area contributed by atoms with Gasteiger partial charge in [0.15, 0.2) is 0 Å². The molecule has 0 saturated heterocycles. The van der Waals surface area contributed by atoms with Gasteiger partial charge in [0.2, 0.25) is 0 Å². The lowest BCUT2D eigenvalue weighted by atomic mass is 9.82. The predicted molar refractivity (Wildman–Crippen MR) is 88.6 cm³/mol. The zero-order chi connectivity index (χ0) is 15.4. The van der Waals surface area contributed by atoms with Crippen LogP contribution in [0.4, 0.5) is 0 Å². The van der Waals surface area contributed by atoms with E-state index in [1.54, 1.807) is 0 Å². The number of nitrogens with one attached hydrogen (secondary N) is 2. The minimum absolute atomic E-state index is 0.322. The van der Waals surface area contributed by atoms with E-state index in [4.69, 9.17) is 5.21 Å². The summed E-state index contributed by atoms with van der Waals surface area (Å²) in [5.74, 6) is -0.322. The molecule has 0 bridgehead atoms. The number of hydroxylamine groups is 1. The first-order chi connectivity index (χ1) is 10.7. The molecule has 1 amide bonds. The first-order valence-corrected chi connectivity index (χ1v) is 8.74. The summed E-state index contributed by atoms with van der Waals surface area (Å²) in [5.41, 5.74) is 1.17. The second-order valence-corrected chi connectivity index (χ2v) is 6.94. The van der Waals surface area contributed by atoms with Crippen LogP contribution in [0.3, 0.4) is 0 Å². The summed E-state index contributed by atoms with van der Waals surface area (Å²) in [6.07, 6.45) is 11.4. The lowest BCUT2D eigenvalue weighted by Crippen LogP contribution is -2.55. The van der Waals surface area contributed by atoms with E-state index < -0.39 is 5.54 Å². The molecule has 1 saturated carbocycles. The third-order valence-electron chi connectivity index (χ3n) is 4.56. The number of carbonyl (C=O) groups is 1. The van der Waals surface area contributed by atoms with E-state index in [0.29, 0.717) is 0 Å². The number of fused-ring (bicyclic) bond motifs is 1. The Labute approximate surface area is 134 Å². The first kappa shape index (κ1) is 15.6. The minimum atomic E-state index is -0.663. The molecule has 1 aromatic carbocycles. The monoisotopic (exact) mass is 318 g/mol. The Hall–Kier alpha value is -1.30. The van der Waals surface area contributed by atoms with Gasteiger partial charge in [-0.05, 0) is 60.2 Å². The Morgan fingerprint density at radius 1 is 1.09 bits per heavy atom. The topological polar surface area (TPSA) is 61.4 Å². The van der Waals surface area contributed by atoms with Gasteiger partial charge < -0.3 is 0 Å². The lowest BCUT2D eigenvalue weighted by Gasteiger charge is -2.35. The summed E-state index contributed by atoms with van der Waals surface area (Å²) in [5, 5.41) is 11.6. The molecule has 1 fully saturated rings. The summed E-state index contributed by atoms with van der Waals surface area (Å²) < 4.78 is 3.33. The lowest BCUT2D eigenvalue weighted by molar-refractivity contribution is -0.136. The van der Waals surface area contributed by atoms with Crippen LogP contribution in [0.2, 0.25) is 0 Å². The van der Waals surface area contributed by atoms with E-state index in [2.05, 4.69) is 35.1 Å². The molecule has 118 valence electrons. The second-order valence-electron chi connectivity index (χ2n) is 6.06. The zero-order valence-electron chi connectivity index (χ0n) is 12.6. The molecule has 3 rings (SSSR count). The van der Waals surface area contributed by atoms with Crippen LogP contribution in [0.15, 0.2) is 23.1 Å². The van der Waals surface area contributed by atoms with Gasteiger partial charge >= 0.3 is 0 Å². The van der Waals surface area contributed by atoms with E-state index in [0.717, 1.165) is 49.8 Å². The van der Waals surface area contributed by atoms with Crippen LogP contribution in [-0.2, 0) is 4.79 Å². The predicted octanol–water partition coefficient (Wildman–Crippen LogP) is 1.85. The largest absolute Gasteiger partial charge is 0.289 e. The Kier molecular flexibility index (Phi) is 4.86. The van der Waals surface area contributed by atoms with Crippen LogP contribution in [0.25, 0.3) is 12.2 Å². The standard InChI is InChI=1S/C17H22N2O2S/c20-16(18-21)17(10-4-1-5-11-17)19-22-15-9-8-13-6-2-3-7-14(13)12-15/h6-9,12,19,21H,1-5,10-11H2,(H,18,20). The molecule has 0 unspecified atom stereocenters. The average Bonchev–Trinajstić information content (AvgIpc) is 2.60. The Morgan fingerprint density at radius 3 is 2.55 bits per heavy atom. The van der Waals surface area contributed by atoms with Crippen molar-refractivity contribution in [3.8, 4) is 0 Å². The highest BCUT2D eigenvalue weighted by atomic mass is 32.2.